The quantitative estimate of drug-likeness (QED) is 0.798. The summed E-state index contributed by atoms with van der Waals surface area (Å²) in [6.07, 6.45) is 5.68. The first-order valence-electron chi connectivity index (χ1n) is 7.31. The van der Waals surface area contributed by atoms with Crippen LogP contribution < -0.4 is 14.8 Å². The molecule has 0 saturated heterocycles. The molecule has 0 aliphatic carbocycles. The van der Waals surface area contributed by atoms with E-state index < -0.39 is 0 Å². The van der Waals surface area contributed by atoms with Gasteiger partial charge in [0.1, 0.15) is 0 Å². The summed E-state index contributed by atoms with van der Waals surface area (Å²) in [6.45, 7) is 0.548. The van der Waals surface area contributed by atoms with E-state index in [4.69, 9.17) is 9.47 Å². The third-order valence-corrected chi connectivity index (χ3v) is 3.24. The molecule has 120 valence electrons. The summed E-state index contributed by atoms with van der Waals surface area (Å²) in [5.41, 5.74) is 1.82. The molecule has 5 nitrogen and oxygen atoms in total. The lowest BCUT2D eigenvalue weighted by Gasteiger charge is -2.07. The Hall–Kier alpha value is -2.82. The van der Waals surface area contributed by atoms with Gasteiger partial charge in [-0.25, -0.2) is 0 Å². The molecule has 1 aromatic heterocycles. The number of nitrogens with one attached hydrogen (secondary N) is 1. The first-order chi connectivity index (χ1) is 11.2. The van der Waals surface area contributed by atoms with E-state index in [2.05, 4.69) is 10.3 Å². The minimum Gasteiger partial charge on any atom is -0.493 e. The minimum atomic E-state index is -0.143. The molecule has 1 aromatic carbocycles. The van der Waals surface area contributed by atoms with Gasteiger partial charge in [0.15, 0.2) is 11.5 Å². The van der Waals surface area contributed by atoms with E-state index in [1.807, 2.05) is 30.3 Å². The first-order valence-corrected chi connectivity index (χ1v) is 7.31. The highest BCUT2D eigenvalue weighted by Gasteiger charge is 2.03. The van der Waals surface area contributed by atoms with Crippen LogP contribution in [0.25, 0.3) is 6.08 Å². The van der Waals surface area contributed by atoms with Crippen LogP contribution in [0.5, 0.6) is 11.5 Å². The van der Waals surface area contributed by atoms with Crippen LogP contribution in [0.2, 0.25) is 0 Å². The van der Waals surface area contributed by atoms with Crippen LogP contribution in [-0.2, 0) is 11.2 Å². The van der Waals surface area contributed by atoms with E-state index in [-0.39, 0.29) is 5.91 Å². The van der Waals surface area contributed by atoms with Crippen LogP contribution in [0.4, 0.5) is 0 Å². The van der Waals surface area contributed by atoms with E-state index in [0.717, 1.165) is 11.3 Å². The second kappa shape index (κ2) is 8.58. The van der Waals surface area contributed by atoms with Gasteiger partial charge < -0.3 is 14.8 Å². The summed E-state index contributed by atoms with van der Waals surface area (Å²) in [5.74, 6) is 1.14. The molecule has 0 unspecified atom stereocenters. The maximum absolute atomic E-state index is 11.8. The highest BCUT2D eigenvalue weighted by molar-refractivity contribution is 5.91. The Morgan fingerprint density at radius 2 is 2.00 bits per heavy atom. The van der Waals surface area contributed by atoms with Crippen molar-refractivity contribution in [3.8, 4) is 11.5 Å². The molecule has 0 aliphatic heterocycles. The maximum atomic E-state index is 11.8. The van der Waals surface area contributed by atoms with Crippen molar-refractivity contribution in [2.45, 2.75) is 6.42 Å². The smallest absolute Gasteiger partial charge is 0.244 e. The largest absolute Gasteiger partial charge is 0.493 e. The molecule has 0 fully saturated rings. The van der Waals surface area contributed by atoms with Gasteiger partial charge in [-0.05, 0) is 35.9 Å². The van der Waals surface area contributed by atoms with Gasteiger partial charge in [-0.15, -0.1) is 0 Å². The molecule has 2 aromatic rings. The summed E-state index contributed by atoms with van der Waals surface area (Å²) in [7, 11) is 3.16. The number of nitrogens with zero attached hydrogens (tertiary/aromatic N) is 1. The standard InChI is InChI=1S/C18H20N2O3/c1-22-16-8-6-14(13-17(16)23-2)7-9-18(21)20-12-10-15-5-3-4-11-19-15/h3-9,11,13H,10,12H2,1-2H3,(H,20,21)/b9-7+. The monoisotopic (exact) mass is 312 g/mol. The predicted octanol–water partition coefficient (Wildman–Crippen LogP) is 2.47. The number of pyridine rings is 1. The van der Waals surface area contributed by atoms with Crippen molar-refractivity contribution in [3.63, 3.8) is 0 Å². The molecule has 2 rings (SSSR count). The SMILES string of the molecule is COc1ccc(/C=C/C(=O)NCCc2ccccn2)cc1OC. The van der Waals surface area contributed by atoms with Gasteiger partial charge in [0.05, 0.1) is 14.2 Å². The number of amides is 1. The Morgan fingerprint density at radius 1 is 1.17 bits per heavy atom. The van der Waals surface area contributed by atoms with Crippen molar-refractivity contribution < 1.29 is 14.3 Å². The van der Waals surface area contributed by atoms with E-state index in [1.54, 1.807) is 32.6 Å². The number of carbonyl (C=O) groups excluding carboxylic acids is 1. The molecule has 0 aliphatic rings. The zero-order chi connectivity index (χ0) is 16.5. The number of ether oxygens (including phenoxy) is 2. The number of aromatic nitrogens is 1. The van der Waals surface area contributed by atoms with Crippen molar-refractivity contribution >= 4 is 12.0 Å². The molecular formula is C18H20N2O3. The van der Waals surface area contributed by atoms with Gasteiger partial charge in [-0.3, -0.25) is 9.78 Å². The molecule has 1 heterocycles. The van der Waals surface area contributed by atoms with Crippen LogP contribution in [-0.4, -0.2) is 31.7 Å². The molecular weight excluding hydrogens is 292 g/mol. The second-order valence-electron chi connectivity index (χ2n) is 4.81. The maximum Gasteiger partial charge on any atom is 0.244 e. The first kappa shape index (κ1) is 16.5. The Balaban J connectivity index is 1.86. The summed E-state index contributed by atoms with van der Waals surface area (Å²) in [4.78, 5) is 16.0. The predicted molar refractivity (Wildman–Crippen MR) is 89.5 cm³/mol. The van der Waals surface area contributed by atoms with E-state index in [9.17, 15) is 4.79 Å². The van der Waals surface area contributed by atoms with Crippen molar-refractivity contribution in [3.05, 3.63) is 59.9 Å². The Kier molecular flexibility index (Phi) is 6.17. The molecule has 0 saturated carbocycles. The fraction of sp³-hybridized carbons (Fsp3) is 0.222. The molecule has 0 radical (unpaired) electrons. The number of methoxy groups -OCH3 is 2. The second-order valence-corrected chi connectivity index (χ2v) is 4.81. The lowest BCUT2D eigenvalue weighted by molar-refractivity contribution is -0.116. The van der Waals surface area contributed by atoms with Crippen LogP contribution in [0.15, 0.2) is 48.7 Å². The third kappa shape index (κ3) is 5.14. The zero-order valence-electron chi connectivity index (χ0n) is 13.3. The summed E-state index contributed by atoms with van der Waals surface area (Å²) in [5, 5.41) is 2.83. The lowest BCUT2D eigenvalue weighted by Crippen LogP contribution is -2.23. The Bertz CT molecular complexity index is 669. The van der Waals surface area contributed by atoms with E-state index >= 15 is 0 Å². The highest BCUT2D eigenvalue weighted by atomic mass is 16.5. The Labute approximate surface area is 136 Å². The van der Waals surface area contributed by atoms with Gasteiger partial charge in [-0.2, -0.15) is 0 Å². The summed E-state index contributed by atoms with van der Waals surface area (Å²) in [6, 6.07) is 11.2. The summed E-state index contributed by atoms with van der Waals surface area (Å²) < 4.78 is 10.4. The van der Waals surface area contributed by atoms with Gasteiger partial charge in [0.25, 0.3) is 0 Å². The van der Waals surface area contributed by atoms with Crippen LogP contribution in [0.3, 0.4) is 0 Å². The van der Waals surface area contributed by atoms with Crippen LogP contribution >= 0.6 is 0 Å². The average molecular weight is 312 g/mol. The third-order valence-electron chi connectivity index (χ3n) is 3.24. The normalized spacial score (nSPS) is 10.5. The lowest BCUT2D eigenvalue weighted by atomic mass is 10.2. The van der Waals surface area contributed by atoms with Crippen molar-refractivity contribution in [2.75, 3.05) is 20.8 Å². The fourth-order valence-electron chi connectivity index (χ4n) is 2.05. The van der Waals surface area contributed by atoms with Crippen LogP contribution in [0, 0.1) is 0 Å². The van der Waals surface area contributed by atoms with Crippen molar-refractivity contribution in [1.29, 1.82) is 0 Å². The number of carbonyl (C=O) groups is 1. The molecule has 0 bridgehead atoms. The zero-order valence-corrected chi connectivity index (χ0v) is 13.3. The number of rotatable bonds is 7. The van der Waals surface area contributed by atoms with Gasteiger partial charge >= 0.3 is 0 Å². The number of benzene rings is 1. The number of hydrogen-bond acceptors (Lipinski definition) is 4. The summed E-state index contributed by atoms with van der Waals surface area (Å²) >= 11 is 0. The molecule has 1 amide bonds. The average Bonchev–Trinajstić information content (AvgIpc) is 2.60. The fourth-order valence-corrected chi connectivity index (χ4v) is 2.05. The van der Waals surface area contributed by atoms with E-state index in [1.165, 1.54) is 6.08 Å². The van der Waals surface area contributed by atoms with Crippen molar-refractivity contribution in [1.82, 2.24) is 10.3 Å². The molecule has 5 heteroatoms. The van der Waals surface area contributed by atoms with E-state index in [0.29, 0.717) is 24.5 Å². The van der Waals surface area contributed by atoms with Crippen molar-refractivity contribution in [2.24, 2.45) is 0 Å². The molecule has 0 atom stereocenters. The topological polar surface area (TPSA) is 60.5 Å². The molecule has 23 heavy (non-hydrogen) atoms. The number of hydrogen-bond donors (Lipinski definition) is 1. The van der Waals surface area contributed by atoms with Gasteiger partial charge in [0.2, 0.25) is 5.91 Å². The van der Waals surface area contributed by atoms with Gasteiger partial charge in [-0.1, -0.05) is 12.1 Å². The molecule has 0 spiro atoms. The highest BCUT2D eigenvalue weighted by Crippen LogP contribution is 2.27. The van der Waals surface area contributed by atoms with Gasteiger partial charge in [0, 0.05) is 30.9 Å². The molecule has 1 N–H and O–H groups in total. The van der Waals surface area contributed by atoms with Crippen LogP contribution in [0.1, 0.15) is 11.3 Å². The minimum absolute atomic E-state index is 0.143. The Morgan fingerprint density at radius 3 is 2.70 bits per heavy atom.